The summed E-state index contributed by atoms with van der Waals surface area (Å²) in [4.78, 5) is 2.62. The van der Waals surface area contributed by atoms with E-state index in [1.807, 2.05) is 12.1 Å². The lowest BCUT2D eigenvalue weighted by Crippen LogP contribution is -2.40. The van der Waals surface area contributed by atoms with Crippen LogP contribution in [-0.2, 0) is 12.8 Å². The van der Waals surface area contributed by atoms with E-state index in [-0.39, 0.29) is 5.75 Å². The number of nitrogen functional groups attached to an aromatic ring is 1. The van der Waals surface area contributed by atoms with Gasteiger partial charge in [0, 0.05) is 6.04 Å². The Morgan fingerprint density at radius 1 is 1.21 bits per heavy atom. The fourth-order valence-corrected chi connectivity index (χ4v) is 3.16. The van der Waals surface area contributed by atoms with Crippen molar-refractivity contribution in [2.45, 2.75) is 52.0 Å². The van der Waals surface area contributed by atoms with Gasteiger partial charge in [0.05, 0.1) is 5.69 Å². The third kappa shape index (κ3) is 3.21. The molecule has 19 heavy (non-hydrogen) atoms. The van der Waals surface area contributed by atoms with Crippen LogP contribution in [0.1, 0.15) is 44.2 Å². The van der Waals surface area contributed by atoms with Crippen LogP contribution in [-0.4, -0.2) is 29.1 Å². The molecule has 2 rings (SSSR count). The highest BCUT2D eigenvalue weighted by atomic mass is 16.3. The summed E-state index contributed by atoms with van der Waals surface area (Å²) in [6.45, 7) is 6.85. The third-order valence-corrected chi connectivity index (χ3v) is 4.09. The van der Waals surface area contributed by atoms with Gasteiger partial charge in [-0.05, 0) is 68.5 Å². The molecule has 0 bridgehead atoms. The maximum absolute atomic E-state index is 9.68. The predicted molar refractivity (Wildman–Crippen MR) is 80.5 cm³/mol. The van der Waals surface area contributed by atoms with Crippen molar-refractivity contribution in [2.24, 2.45) is 0 Å². The Balaban J connectivity index is 2.14. The maximum atomic E-state index is 9.68. The van der Waals surface area contributed by atoms with Gasteiger partial charge in [-0.3, -0.25) is 0 Å². The van der Waals surface area contributed by atoms with E-state index in [1.165, 1.54) is 43.5 Å². The minimum Gasteiger partial charge on any atom is -0.506 e. The number of nitrogens with two attached hydrogens (primary N) is 1. The molecule has 0 radical (unpaired) electrons. The molecule has 1 aromatic rings. The first-order chi connectivity index (χ1) is 9.15. The molecule has 3 heteroatoms. The zero-order valence-corrected chi connectivity index (χ0v) is 12.2. The number of fused-ring (bicyclic) bond motifs is 1. The zero-order chi connectivity index (χ0) is 13.8. The Morgan fingerprint density at radius 3 is 2.53 bits per heavy atom. The summed E-state index contributed by atoms with van der Waals surface area (Å²) in [7, 11) is 0. The highest BCUT2D eigenvalue weighted by Gasteiger charge is 2.24. The molecule has 0 saturated heterocycles. The molecule has 106 valence electrons. The van der Waals surface area contributed by atoms with Crippen molar-refractivity contribution < 1.29 is 5.11 Å². The average Bonchev–Trinajstić information content (AvgIpc) is 2.39. The minimum atomic E-state index is 0.233. The molecule has 1 aromatic carbocycles. The van der Waals surface area contributed by atoms with E-state index >= 15 is 0 Å². The van der Waals surface area contributed by atoms with E-state index in [2.05, 4.69) is 18.7 Å². The van der Waals surface area contributed by atoms with Gasteiger partial charge in [0.2, 0.25) is 0 Å². The quantitative estimate of drug-likeness (QED) is 0.633. The molecule has 1 atom stereocenters. The molecule has 0 aliphatic heterocycles. The summed E-state index contributed by atoms with van der Waals surface area (Å²) >= 11 is 0. The van der Waals surface area contributed by atoms with E-state index in [0.29, 0.717) is 11.7 Å². The summed E-state index contributed by atoms with van der Waals surface area (Å²) in [5.74, 6) is 0.233. The van der Waals surface area contributed by atoms with Gasteiger partial charge in [0.1, 0.15) is 5.75 Å². The Hall–Kier alpha value is -1.22. The first-order valence-electron chi connectivity index (χ1n) is 7.50. The molecule has 0 fully saturated rings. The Kier molecular flexibility index (Phi) is 4.70. The van der Waals surface area contributed by atoms with E-state index in [4.69, 9.17) is 5.73 Å². The fourth-order valence-electron chi connectivity index (χ4n) is 3.16. The lowest BCUT2D eigenvalue weighted by Gasteiger charge is -2.35. The molecular weight excluding hydrogens is 236 g/mol. The number of phenols is 1. The second-order valence-electron chi connectivity index (χ2n) is 5.61. The molecule has 3 nitrogen and oxygen atoms in total. The number of rotatable bonds is 5. The summed E-state index contributed by atoms with van der Waals surface area (Å²) in [5, 5.41) is 9.68. The second-order valence-corrected chi connectivity index (χ2v) is 5.61. The molecule has 0 spiro atoms. The number of phenolic OH excluding ortho intramolecular Hbond substituents is 1. The molecule has 0 amide bonds. The summed E-state index contributed by atoms with van der Waals surface area (Å²) in [5.41, 5.74) is 8.93. The summed E-state index contributed by atoms with van der Waals surface area (Å²) in [6.07, 6.45) is 5.73. The van der Waals surface area contributed by atoms with Crippen molar-refractivity contribution in [3.63, 3.8) is 0 Å². The lowest BCUT2D eigenvalue weighted by molar-refractivity contribution is 0.180. The smallest absolute Gasteiger partial charge is 0.138 e. The van der Waals surface area contributed by atoms with Crippen molar-refractivity contribution in [3.05, 3.63) is 23.3 Å². The third-order valence-electron chi connectivity index (χ3n) is 4.09. The van der Waals surface area contributed by atoms with Gasteiger partial charge in [-0.1, -0.05) is 13.8 Å². The first-order valence-corrected chi connectivity index (χ1v) is 7.50. The predicted octanol–water partition coefficient (Wildman–Crippen LogP) is 2.95. The summed E-state index contributed by atoms with van der Waals surface area (Å²) < 4.78 is 0. The van der Waals surface area contributed by atoms with Crippen molar-refractivity contribution in [3.8, 4) is 5.75 Å². The van der Waals surface area contributed by atoms with Crippen LogP contribution >= 0.6 is 0 Å². The van der Waals surface area contributed by atoms with Crippen molar-refractivity contribution in [2.75, 3.05) is 18.8 Å². The van der Waals surface area contributed by atoms with Crippen molar-refractivity contribution >= 4 is 5.69 Å². The number of aromatic hydroxyl groups is 1. The fraction of sp³-hybridized carbons (Fsp3) is 0.625. The van der Waals surface area contributed by atoms with E-state index in [1.54, 1.807) is 0 Å². The van der Waals surface area contributed by atoms with Gasteiger partial charge >= 0.3 is 0 Å². The average molecular weight is 262 g/mol. The molecule has 0 saturated carbocycles. The first kappa shape index (κ1) is 14.2. The Labute approximate surface area is 116 Å². The molecule has 1 aliphatic rings. The van der Waals surface area contributed by atoms with E-state index < -0.39 is 0 Å². The largest absolute Gasteiger partial charge is 0.506 e. The van der Waals surface area contributed by atoms with Crippen LogP contribution in [0.15, 0.2) is 12.1 Å². The van der Waals surface area contributed by atoms with Crippen LogP contribution in [0.3, 0.4) is 0 Å². The molecule has 1 aliphatic carbocycles. The number of anilines is 1. The van der Waals surface area contributed by atoms with Crippen LogP contribution in [0.2, 0.25) is 0 Å². The lowest BCUT2D eigenvalue weighted by atomic mass is 9.86. The standard InChI is InChI=1S/C16H26N2O/c1-3-7-18(8-4-2)14-6-5-12-11-16(19)15(17)10-13(12)9-14/h10-11,14,19H,3-9,17H2,1-2H3. The number of benzene rings is 1. The van der Waals surface area contributed by atoms with Crippen LogP contribution in [0.25, 0.3) is 0 Å². The van der Waals surface area contributed by atoms with Gasteiger partial charge in [0.15, 0.2) is 0 Å². The number of hydrogen-bond donors (Lipinski definition) is 2. The molecule has 1 unspecified atom stereocenters. The molecule has 0 aromatic heterocycles. The monoisotopic (exact) mass is 262 g/mol. The zero-order valence-electron chi connectivity index (χ0n) is 12.2. The maximum Gasteiger partial charge on any atom is 0.138 e. The minimum absolute atomic E-state index is 0.233. The highest BCUT2D eigenvalue weighted by Crippen LogP contribution is 2.31. The van der Waals surface area contributed by atoms with Gasteiger partial charge < -0.3 is 15.7 Å². The van der Waals surface area contributed by atoms with E-state index in [9.17, 15) is 5.11 Å². The topological polar surface area (TPSA) is 49.5 Å². The number of hydrogen-bond acceptors (Lipinski definition) is 3. The Bertz CT molecular complexity index is 425. The number of aryl methyl sites for hydroxylation is 1. The highest BCUT2D eigenvalue weighted by molar-refractivity contribution is 5.56. The van der Waals surface area contributed by atoms with Crippen molar-refractivity contribution in [1.29, 1.82) is 0 Å². The van der Waals surface area contributed by atoms with Crippen LogP contribution in [0.4, 0.5) is 5.69 Å². The van der Waals surface area contributed by atoms with Crippen molar-refractivity contribution in [1.82, 2.24) is 4.90 Å². The van der Waals surface area contributed by atoms with Gasteiger partial charge in [-0.2, -0.15) is 0 Å². The van der Waals surface area contributed by atoms with Gasteiger partial charge in [-0.25, -0.2) is 0 Å². The second kappa shape index (κ2) is 6.29. The van der Waals surface area contributed by atoms with E-state index in [0.717, 1.165) is 12.8 Å². The normalized spacial score (nSPS) is 18.6. The molecule has 0 heterocycles. The van der Waals surface area contributed by atoms with Crippen LogP contribution in [0, 0.1) is 0 Å². The van der Waals surface area contributed by atoms with Crippen LogP contribution < -0.4 is 5.73 Å². The van der Waals surface area contributed by atoms with Crippen LogP contribution in [0.5, 0.6) is 5.75 Å². The molecule has 3 N–H and O–H groups in total. The van der Waals surface area contributed by atoms with Gasteiger partial charge in [-0.15, -0.1) is 0 Å². The van der Waals surface area contributed by atoms with Gasteiger partial charge in [0.25, 0.3) is 0 Å². The summed E-state index contributed by atoms with van der Waals surface area (Å²) in [6, 6.07) is 4.45. The Morgan fingerprint density at radius 2 is 1.89 bits per heavy atom. The SMILES string of the molecule is CCCN(CCC)C1CCc2cc(O)c(N)cc2C1. The molecular formula is C16H26N2O. The number of nitrogens with zero attached hydrogens (tertiary/aromatic N) is 1.